The number of amides is 1. The predicted molar refractivity (Wildman–Crippen MR) is 324 cm³/mol. The zero-order valence-electron chi connectivity index (χ0n) is 50.1. The molecule has 0 saturated heterocycles. The smallest absolute Gasteiger partial charge is 0.305 e. The molecule has 0 aromatic carbocycles. The number of aliphatic hydroxyl groups excluding tert-OH is 2. The van der Waals surface area contributed by atoms with Crippen molar-refractivity contribution in [1.29, 1.82) is 0 Å². The van der Waals surface area contributed by atoms with Crippen molar-refractivity contribution in [1.82, 2.24) is 5.32 Å². The van der Waals surface area contributed by atoms with Crippen LogP contribution in [0.15, 0.2) is 24.3 Å². The van der Waals surface area contributed by atoms with Gasteiger partial charge in [0.25, 0.3) is 0 Å². The summed E-state index contributed by atoms with van der Waals surface area (Å²) in [5.74, 6) is -0.0450. The molecule has 2 atom stereocenters. The van der Waals surface area contributed by atoms with Crippen LogP contribution in [0.2, 0.25) is 0 Å². The highest BCUT2D eigenvalue weighted by Crippen LogP contribution is 2.18. The van der Waals surface area contributed by atoms with Crippen LogP contribution in [-0.2, 0) is 14.3 Å². The van der Waals surface area contributed by atoms with Gasteiger partial charge in [0.15, 0.2) is 0 Å². The molecule has 0 aliphatic rings. The first-order valence-corrected chi connectivity index (χ1v) is 33.6. The van der Waals surface area contributed by atoms with Gasteiger partial charge in [0, 0.05) is 12.8 Å². The molecule has 0 bridgehead atoms. The molecule has 0 saturated carbocycles. The molecular weight excluding hydrogens is 911 g/mol. The third-order valence-electron chi connectivity index (χ3n) is 15.7. The van der Waals surface area contributed by atoms with Crippen LogP contribution in [0.25, 0.3) is 0 Å². The Hall–Kier alpha value is -1.66. The lowest BCUT2D eigenvalue weighted by Crippen LogP contribution is -2.45. The quantitative estimate of drug-likeness (QED) is 0.0320. The van der Waals surface area contributed by atoms with Crippen LogP contribution >= 0.6 is 0 Å². The van der Waals surface area contributed by atoms with Gasteiger partial charge in [-0.15, -0.1) is 0 Å². The second kappa shape index (κ2) is 63.9. The highest BCUT2D eigenvalue weighted by molar-refractivity contribution is 5.76. The van der Waals surface area contributed by atoms with E-state index in [2.05, 4.69) is 31.3 Å². The van der Waals surface area contributed by atoms with E-state index in [-0.39, 0.29) is 18.5 Å². The summed E-state index contributed by atoms with van der Waals surface area (Å²) in [4.78, 5) is 24.5. The average Bonchev–Trinajstić information content (AvgIpc) is 3.40. The molecule has 438 valence electrons. The summed E-state index contributed by atoms with van der Waals surface area (Å²) in [5, 5.41) is 23.1. The molecule has 0 aromatic rings. The van der Waals surface area contributed by atoms with Gasteiger partial charge in [0.1, 0.15) is 0 Å². The lowest BCUT2D eigenvalue weighted by atomic mass is 10.0. The molecule has 0 fully saturated rings. The second-order valence-corrected chi connectivity index (χ2v) is 23.2. The predicted octanol–water partition coefficient (Wildman–Crippen LogP) is 21.4. The van der Waals surface area contributed by atoms with E-state index in [1.807, 2.05) is 6.08 Å². The number of carbonyl (C=O) groups excluding carboxylic acids is 2. The SMILES string of the molecule is CCCCCCCCCCCC/C=C/C(O)C(CO)NC(=O)CCCCCCCCCCCCCCCCC/C=C\CCCCCCCCCCCCCCOC(=O)CCCCCCCCCCCCCCCC. The number of aliphatic hydroxyl groups is 2. The number of hydrogen-bond acceptors (Lipinski definition) is 5. The topological polar surface area (TPSA) is 95.9 Å². The molecule has 6 nitrogen and oxygen atoms in total. The van der Waals surface area contributed by atoms with Crippen molar-refractivity contribution in [2.45, 2.75) is 386 Å². The van der Waals surface area contributed by atoms with E-state index in [0.29, 0.717) is 19.4 Å². The molecule has 0 radical (unpaired) electrons. The summed E-state index contributed by atoms with van der Waals surface area (Å²) in [6.45, 7) is 4.92. The Balaban J connectivity index is 3.35. The first kappa shape index (κ1) is 72.3. The van der Waals surface area contributed by atoms with Crippen molar-refractivity contribution >= 4 is 11.9 Å². The number of hydrogen-bond donors (Lipinski definition) is 3. The number of carbonyl (C=O) groups is 2. The van der Waals surface area contributed by atoms with Crippen LogP contribution in [0.3, 0.4) is 0 Å². The summed E-state index contributed by atoms with van der Waals surface area (Å²) in [6.07, 6.45) is 79.7. The van der Waals surface area contributed by atoms with E-state index in [0.717, 1.165) is 38.5 Å². The molecule has 0 heterocycles. The molecule has 6 heteroatoms. The third-order valence-corrected chi connectivity index (χ3v) is 15.7. The fourth-order valence-corrected chi connectivity index (χ4v) is 10.6. The van der Waals surface area contributed by atoms with Crippen LogP contribution < -0.4 is 5.32 Å². The number of allylic oxidation sites excluding steroid dienone is 3. The normalized spacial score (nSPS) is 12.6. The van der Waals surface area contributed by atoms with Gasteiger partial charge in [-0.2, -0.15) is 0 Å². The molecule has 0 aliphatic carbocycles. The van der Waals surface area contributed by atoms with Gasteiger partial charge in [0.05, 0.1) is 25.4 Å². The maximum absolute atomic E-state index is 12.4. The van der Waals surface area contributed by atoms with E-state index in [9.17, 15) is 19.8 Å². The van der Waals surface area contributed by atoms with E-state index in [1.165, 1.54) is 308 Å². The Morgan fingerprint density at radius 1 is 0.365 bits per heavy atom. The van der Waals surface area contributed by atoms with Crippen LogP contribution in [-0.4, -0.2) is 47.4 Å². The first-order valence-electron chi connectivity index (χ1n) is 33.6. The van der Waals surface area contributed by atoms with Gasteiger partial charge >= 0.3 is 5.97 Å². The van der Waals surface area contributed by atoms with Gasteiger partial charge in [-0.25, -0.2) is 0 Å². The Morgan fingerprint density at radius 2 is 0.635 bits per heavy atom. The van der Waals surface area contributed by atoms with E-state index in [4.69, 9.17) is 4.74 Å². The zero-order valence-corrected chi connectivity index (χ0v) is 50.1. The summed E-state index contributed by atoms with van der Waals surface area (Å²) < 4.78 is 5.49. The Labute approximate surface area is 462 Å². The minimum absolute atomic E-state index is 0.0200. The van der Waals surface area contributed by atoms with Crippen LogP contribution in [0.1, 0.15) is 373 Å². The van der Waals surface area contributed by atoms with Crippen LogP contribution in [0.4, 0.5) is 0 Å². The van der Waals surface area contributed by atoms with E-state index >= 15 is 0 Å². The van der Waals surface area contributed by atoms with Crippen molar-refractivity contribution in [2.24, 2.45) is 0 Å². The van der Waals surface area contributed by atoms with Crippen LogP contribution in [0, 0.1) is 0 Å². The molecule has 2 unspecified atom stereocenters. The maximum Gasteiger partial charge on any atom is 0.305 e. The molecular formula is C68H131NO5. The fraction of sp³-hybridized carbons (Fsp3) is 0.912. The third kappa shape index (κ3) is 59.6. The standard InChI is InChI=1S/C68H131NO5/c1-3-5-7-9-11-13-15-17-38-42-46-50-54-58-62-68(73)74-63-59-55-51-47-43-39-36-34-32-30-28-26-24-22-20-18-19-21-23-25-27-29-31-33-35-37-41-45-49-53-57-61-67(72)69-65(64-70)66(71)60-56-52-48-44-40-16-14-12-10-8-6-4-2/h20,22,56,60,65-66,70-71H,3-19,21,23-55,57-59,61-64H2,1-2H3,(H,69,72)/b22-20-,60-56+. The maximum atomic E-state index is 12.4. The number of ether oxygens (including phenoxy) is 1. The van der Waals surface area contributed by atoms with Gasteiger partial charge in [-0.1, -0.05) is 327 Å². The largest absolute Gasteiger partial charge is 0.466 e. The lowest BCUT2D eigenvalue weighted by molar-refractivity contribution is -0.143. The molecule has 0 spiro atoms. The van der Waals surface area contributed by atoms with Crippen molar-refractivity contribution in [2.75, 3.05) is 13.2 Å². The molecule has 0 rings (SSSR count). The van der Waals surface area contributed by atoms with Crippen molar-refractivity contribution in [3.05, 3.63) is 24.3 Å². The number of rotatable bonds is 63. The monoisotopic (exact) mass is 1040 g/mol. The molecule has 0 aliphatic heterocycles. The molecule has 0 aromatic heterocycles. The Bertz CT molecular complexity index is 1150. The number of esters is 1. The van der Waals surface area contributed by atoms with Gasteiger partial charge < -0.3 is 20.3 Å². The van der Waals surface area contributed by atoms with Crippen molar-refractivity contribution in [3.63, 3.8) is 0 Å². The molecule has 3 N–H and O–H groups in total. The van der Waals surface area contributed by atoms with Gasteiger partial charge in [0.2, 0.25) is 5.91 Å². The average molecular weight is 1040 g/mol. The highest BCUT2D eigenvalue weighted by Gasteiger charge is 2.18. The zero-order chi connectivity index (χ0) is 53.6. The summed E-state index contributed by atoms with van der Waals surface area (Å²) in [6, 6.07) is -0.625. The summed E-state index contributed by atoms with van der Waals surface area (Å²) in [5.41, 5.74) is 0. The highest BCUT2D eigenvalue weighted by atomic mass is 16.5. The second-order valence-electron chi connectivity index (χ2n) is 23.2. The molecule has 1 amide bonds. The number of nitrogens with one attached hydrogen (secondary N) is 1. The van der Waals surface area contributed by atoms with E-state index in [1.54, 1.807) is 6.08 Å². The van der Waals surface area contributed by atoms with Gasteiger partial charge in [-0.05, 0) is 57.8 Å². The minimum atomic E-state index is -0.841. The van der Waals surface area contributed by atoms with Crippen molar-refractivity contribution in [3.8, 4) is 0 Å². The minimum Gasteiger partial charge on any atom is -0.466 e. The summed E-state index contributed by atoms with van der Waals surface area (Å²) >= 11 is 0. The molecule has 74 heavy (non-hydrogen) atoms. The number of unbranched alkanes of at least 4 members (excludes halogenated alkanes) is 50. The fourth-order valence-electron chi connectivity index (χ4n) is 10.6. The lowest BCUT2D eigenvalue weighted by Gasteiger charge is -2.20. The van der Waals surface area contributed by atoms with Crippen LogP contribution in [0.5, 0.6) is 0 Å². The Morgan fingerprint density at radius 3 is 0.959 bits per heavy atom. The van der Waals surface area contributed by atoms with Gasteiger partial charge in [-0.3, -0.25) is 9.59 Å². The Kier molecular flexibility index (Phi) is 62.4. The summed E-state index contributed by atoms with van der Waals surface area (Å²) in [7, 11) is 0. The van der Waals surface area contributed by atoms with Crippen molar-refractivity contribution < 1.29 is 24.5 Å². The first-order chi connectivity index (χ1) is 36.5. The van der Waals surface area contributed by atoms with E-state index < -0.39 is 12.1 Å².